The van der Waals surface area contributed by atoms with E-state index in [0.29, 0.717) is 0 Å². The quantitative estimate of drug-likeness (QED) is 0.680. The third-order valence-electron chi connectivity index (χ3n) is 2.23. The number of rotatable bonds is 8. The van der Waals surface area contributed by atoms with E-state index < -0.39 is 43.9 Å². The molecule has 0 saturated heterocycles. The van der Waals surface area contributed by atoms with Crippen molar-refractivity contribution in [3.63, 3.8) is 0 Å². The lowest BCUT2D eigenvalue weighted by Crippen LogP contribution is -2.23. The first-order valence-corrected chi connectivity index (χ1v) is 9.42. The number of carbonyl (C=O) groups is 1. The van der Waals surface area contributed by atoms with Crippen molar-refractivity contribution in [3.05, 3.63) is 24.3 Å². The summed E-state index contributed by atoms with van der Waals surface area (Å²) in [5.41, 5.74) is 0.0484. The molecule has 0 saturated carbocycles. The van der Waals surface area contributed by atoms with Crippen LogP contribution in [0.2, 0.25) is 0 Å². The number of hydrogen-bond acceptors (Lipinski definition) is 6. The van der Waals surface area contributed by atoms with Crippen molar-refractivity contribution < 1.29 is 31.5 Å². The van der Waals surface area contributed by atoms with Crippen LogP contribution in [0.15, 0.2) is 24.3 Å². The van der Waals surface area contributed by atoms with Gasteiger partial charge in [0.05, 0.1) is 17.2 Å². The van der Waals surface area contributed by atoms with Crippen LogP contribution in [-0.4, -0.2) is 52.3 Å². The van der Waals surface area contributed by atoms with Gasteiger partial charge in [-0.3, -0.25) is 4.72 Å². The van der Waals surface area contributed by atoms with Crippen molar-refractivity contribution in [1.82, 2.24) is 0 Å². The van der Waals surface area contributed by atoms with Gasteiger partial charge in [-0.15, -0.1) is 0 Å². The molecule has 118 valence electrons. The lowest BCUT2D eigenvalue weighted by Gasteiger charge is -2.12. The van der Waals surface area contributed by atoms with Gasteiger partial charge in [-0.2, -0.15) is 0 Å². The maximum absolute atomic E-state index is 11.8. The second-order valence-corrected chi connectivity index (χ2v) is 8.33. The Balaban J connectivity index is 2.84. The number of hydrogen-bond donors (Lipinski definition) is 2. The number of nitrogens with one attached hydrogen (secondary N) is 1. The van der Waals surface area contributed by atoms with E-state index >= 15 is 0 Å². The molecule has 10 heteroatoms. The molecule has 0 spiro atoms. The average molecular weight is 337 g/mol. The van der Waals surface area contributed by atoms with Crippen LogP contribution in [0.4, 0.5) is 5.69 Å². The molecule has 0 bridgehead atoms. The number of sulfonamides is 1. The van der Waals surface area contributed by atoms with Gasteiger partial charge in [-0.25, -0.2) is 21.6 Å². The van der Waals surface area contributed by atoms with Crippen molar-refractivity contribution in [2.24, 2.45) is 0 Å². The summed E-state index contributed by atoms with van der Waals surface area (Å²) in [6.45, 7) is -0.623. The van der Waals surface area contributed by atoms with E-state index in [9.17, 15) is 21.6 Å². The van der Waals surface area contributed by atoms with Crippen LogP contribution in [0.25, 0.3) is 0 Å². The topological polar surface area (TPSA) is 127 Å². The Kier molecular flexibility index (Phi) is 5.55. The summed E-state index contributed by atoms with van der Waals surface area (Å²) < 4.78 is 52.7. The van der Waals surface area contributed by atoms with Crippen molar-refractivity contribution in [3.8, 4) is 5.75 Å². The normalized spacial score (nSPS) is 11.9. The van der Waals surface area contributed by atoms with Crippen LogP contribution < -0.4 is 9.46 Å². The molecule has 0 aliphatic carbocycles. The Morgan fingerprint density at radius 3 is 2.38 bits per heavy atom. The number of para-hydroxylation sites is 2. The smallest absolute Gasteiger partial charge is 0.341 e. The van der Waals surface area contributed by atoms with Gasteiger partial charge in [0.1, 0.15) is 15.6 Å². The average Bonchev–Trinajstić information content (AvgIpc) is 2.34. The zero-order chi connectivity index (χ0) is 16.1. The first-order chi connectivity index (χ1) is 9.59. The molecule has 0 unspecified atom stereocenters. The Morgan fingerprint density at radius 2 is 1.81 bits per heavy atom. The zero-order valence-corrected chi connectivity index (χ0v) is 12.8. The van der Waals surface area contributed by atoms with Crippen molar-refractivity contribution in [2.45, 2.75) is 0 Å². The number of anilines is 1. The lowest BCUT2D eigenvalue weighted by atomic mass is 10.3. The van der Waals surface area contributed by atoms with Gasteiger partial charge in [-0.1, -0.05) is 12.1 Å². The Morgan fingerprint density at radius 1 is 1.19 bits per heavy atom. The SMILES string of the molecule is CS(=O)(=O)CCS(=O)(=O)Nc1ccccc1OCC(=O)O. The largest absolute Gasteiger partial charge is 0.480 e. The molecule has 21 heavy (non-hydrogen) atoms. The van der Waals surface area contributed by atoms with Gasteiger partial charge in [0.15, 0.2) is 6.61 Å². The molecule has 0 radical (unpaired) electrons. The van der Waals surface area contributed by atoms with Gasteiger partial charge in [0, 0.05) is 6.26 Å². The standard InChI is InChI=1S/C11H15NO7S2/c1-20(15,16)6-7-21(17,18)12-9-4-2-3-5-10(9)19-8-11(13)14/h2-5,12H,6-8H2,1H3,(H,13,14). The highest BCUT2D eigenvalue weighted by Gasteiger charge is 2.16. The van der Waals surface area contributed by atoms with Crippen molar-refractivity contribution in [2.75, 3.05) is 29.1 Å². The van der Waals surface area contributed by atoms with Gasteiger partial charge in [0.2, 0.25) is 10.0 Å². The zero-order valence-electron chi connectivity index (χ0n) is 11.1. The summed E-state index contributed by atoms with van der Waals surface area (Å²) in [7, 11) is -7.29. The van der Waals surface area contributed by atoms with Gasteiger partial charge in [-0.05, 0) is 12.1 Å². The number of carboxylic acid groups (broad SMARTS) is 1. The molecule has 0 amide bonds. The molecule has 0 aromatic heterocycles. The number of aliphatic carboxylic acids is 1. The highest BCUT2D eigenvalue weighted by molar-refractivity contribution is 7.95. The predicted molar refractivity (Wildman–Crippen MR) is 76.7 cm³/mol. The third-order valence-corrected chi connectivity index (χ3v) is 4.70. The monoisotopic (exact) mass is 337 g/mol. The summed E-state index contributed by atoms with van der Waals surface area (Å²) in [6, 6.07) is 5.86. The summed E-state index contributed by atoms with van der Waals surface area (Å²) in [6.07, 6.45) is 0.937. The first-order valence-electron chi connectivity index (χ1n) is 5.71. The Bertz CT molecular complexity index is 710. The van der Waals surface area contributed by atoms with E-state index in [1.807, 2.05) is 0 Å². The molecule has 2 N–H and O–H groups in total. The van der Waals surface area contributed by atoms with E-state index in [4.69, 9.17) is 9.84 Å². The van der Waals surface area contributed by atoms with E-state index in [0.717, 1.165) is 6.26 Å². The summed E-state index contributed by atoms with van der Waals surface area (Å²) in [5.74, 6) is -2.27. The van der Waals surface area contributed by atoms with E-state index in [1.165, 1.54) is 18.2 Å². The molecular weight excluding hydrogens is 322 g/mol. The fraction of sp³-hybridized carbons (Fsp3) is 0.364. The summed E-state index contributed by atoms with van der Waals surface area (Å²) >= 11 is 0. The maximum atomic E-state index is 11.8. The molecule has 0 atom stereocenters. The van der Waals surface area contributed by atoms with E-state index in [1.54, 1.807) is 6.07 Å². The van der Waals surface area contributed by atoms with Crippen molar-refractivity contribution >= 4 is 31.5 Å². The predicted octanol–water partition coefficient (Wildman–Crippen LogP) is -0.0637. The lowest BCUT2D eigenvalue weighted by molar-refractivity contribution is -0.139. The third kappa shape index (κ3) is 6.95. The van der Waals surface area contributed by atoms with Crippen LogP contribution in [0.3, 0.4) is 0 Å². The minimum Gasteiger partial charge on any atom is -0.480 e. The molecule has 1 aromatic rings. The second kappa shape index (κ2) is 6.76. The Labute approximate surface area is 122 Å². The van der Waals surface area contributed by atoms with Crippen molar-refractivity contribution in [1.29, 1.82) is 0 Å². The van der Waals surface area contributed by atoms with E-state index in [2.05, 4.69) is 4.72 Å². The molecular formula is C11H15NO7S2. The maximum Gasteiger partial charge on any atom is 0.341 e. The molecule has 0 heterocycles. The van der Waals surface area contributed by atoms with Gasteiger partial charge in [0.25, 0.3) is 0 Å². The second-order valence-electron chi connectivity index (χ2n) is 4.23. The number of ether oxygens (including phenoxy) is 1. The molecule has 0 aliphatic rings. The van der Waals surface area contributed by atoms with Crippen LogP contribution >= 0.6 is 0 Å². The molecule has 0 fully saturated rings. The van der Waals surface area contributed by atoms with Crippen LogP contribution in [0, 0.1) is 0 Å². The van der Waals surface area contributed by atoms with Gasteiger partial charge < -0.3 is 9.84 Å². The van der Waals surface area contributed by atoms with Gasteiger partial charge >= 0.3 is 5.97 Å². The molecule has 1 rings (SSSR count). The number of benzene rings is 1. The molecule has 1 aromatic carbocycles. The fourth-order valence-electron chi connectivity index (χ4n) is 1.30. The molecule has 8 nitrogen and oxygen atoms in total. The van der Waals surface area contributed by atoms with Crippen LogP contribution in [0.5, 0.6) is 5.75 Å². The van der Waals surface area contributed by atoms with Crippen LogP contribution in [0.1, 0.15) is 0 Å². The minimum absolute atomic E-state index is 0.0443. The van der Waals surface area contributed by atoms with E-state index in [-0.39, 0.29) is 11.4 Å². The number of sulfone groups is 1. The highest BCUT2D eigenvalue weighted by Crippen LogP contribution is 2.24. The Hall–Kier alpha value is -1.81. The fourth-order valence-corrected chi connectivity index (χ4v) is 3.99. The summed E-state index contributed by atoms with van der Waals surface area (Å²) in [5, 5.41) is 8.54. The minimum atomic E-state index is -3.89. The first kappa shape index (κ1) is 17.2. The number of carboxylic acids is 1. The van der Waals surface area contributed by atoms with Crippen LogP contribution in [-0.2, 0) is 24.7 Å². The highest BCUT2D eigenvalue weighted by atomic mass is 32.2. The summed E-state index contributed by atoms with van der Waals surface area (Å²) in [4.78, 5) is 10.5. The molecule has 0 aliphatic heterocycles.